The van der Waals surface area contributed by atoms with Gasteiger partial charge in [0.25, 0.3) is 5.91 Å². The van der Waals surface area contributed by atoms with Crippen LogP contribution in [-0.4, -0.2) is 36.1 Å². The largest absolute Gasteiger partial charge is 0.497 e. The van der Waals surface area contributed by atoms with E-state index in [1.807, 2.05) is 23.1 Å². The molecule has 1 amide bonds. The molecule has 4 rings (SSSR count). The third-order valence-electron chi connectivity index (χ3n) is 4.29. The molecule has 0 bridgehead atoms. The fourth-order valence-corrected chi connectivity index (χ4v) is 3.70. The average Bonchev–Trinajstić information content (AvgIpc) is 3.34. The third kappa shape index (κ3) is 2.79. The van der Waals surface area contributed by atoms with Gasteiger partial charge in [-0.1, -0.05) is 0 Å². The lowest BCUT2D eigenvalue weighted by molar-refractivity contribution is 0.0736. The molecule has 0 saturated heterocycles. The Bertz CT molecular complexity index is 739. The van der Waals surface area contributed by atoms with Crippen LogP contribution in [0.3, 0.4) is 0 Å². The Hall–Kier alpha value is -2.08. The molecule has 1 aromatic carbocycles. The summed E-state index contributed by atoms with van der Waals surface area (Å²) >= 11 is 1.45. The molecule has 0 atom stereocenters. The minimum Gasteiger partial charge on any atom is -0.497 e. The quantitative estimate of drug-likeness (QED) is 0.868. The Labute approximate surface area is 138 Å². The van der Waals surface area contributed by atoms with E-state index < -0.39 is 0 Å². The number of methoxy groups -OCH3 is 1. The number of carbonyl (C=O) groups excluding carboxylic acids is 1. The minimum atomic E-state index is 0.0710. The number of carbonyl (C=O) groups is 1. The summed E-state index contributed by atoms with van der Waals surface area (Å²) in [5, 5.41) is 0. The van der Waals surface area contributed by atoms with Crippen LogP contribution in [0.25, 0.3) is 0 Å². The summed E-state index contributed by atoms with van der Waals surface area (Å²) < 4.78 is 11.0. The number of amides is 1. The van der Waals surface area contributed by atoms with Crippen molar-refractivity contribution in [2.24, 2.45) is 0 Å². The topological polar surface area (TPSA) is 51.7 Å². The van der Waals surface area contributed by atoms with Crippen molar-refractivity contribution in [2.75, 3.05) is 20.3 Å². The van der Waals surface area contributed by atoms with E-state index in [1.54, 1.807) is 12.6 Å². The molecular formula is C17H18N2O3S. The van der Waals surface area contributed by atoms with Gasteiger partial charge in [-0.15, -0.1) is 11.3 Å². The normalized spacial score (nSPS) is 17.2. The van der Waals surface area contributed by atoms with Crippen LogP contribution in [0.5, 0.6) is 11.5 Å². The van der Waals surface area contributed by atoms with Crippen molar-refractivity contribution in [2.45, 2.75) is 25.3 Å². The monoisotopic (exact) mass is 330 g/mol. The number of hydrogen-bond acceptors (Lipinski definition) is 5. The van der Waals surface area contributed by atoms with Crippen molar-refractivity contribution >= 4 is 17.2 Å². The molecule has 1 aromatic heterocycles. The Kier molecular flexibility index (Phi) is 3.69. The number of rotatable bonds is 3. The highest BCUT2D eigenvalue weighted by Gasteiger charge is 2.32. The number of hydrogen-bond donors (Lipinski definition) is 0. The summed E-state index contributed by atoms with van der Waals surface area (Å²) in [6, 6.07) is 5.75. The third-order valence-corrected chi connectivity index (χ3v) is 5.13. The van der Waals surface area contributed by atoms with Crippen LogP contribution in [0.4, 0.5) is 0 Å². The second kappa shape index (κ2) is 5.85. The maximum Gasteiger partial charge on any atom is 0.266 e. The Morgan fingerprint density at radius 1 is 1.43 bits per heavy atom. The number of nitrogens with zero attached hydrogens (tertiary/aromatic N) is 2. The standard InChI is InChI=1S/C17H18N2O3S/c1-21-13-5-4-12-9-19(6-7-22-14(12)8-13)17(20)16-15(11-2-3-11)18-10-23-16/h4-5,8,10-11H,2-3,6-7,9H2,1H3. The van der Waals surface area contributed by atoms with E-state index in [4.69, 9.17) is 9.47 Å². The molecule has 1 saturated carbocycles. The van der Waals surface area contributed by atoms with Crippen molar-refractivity contribution in [1.82, 2.24) is 9.88 Å². The molecule has 6 heteroatoms. The Morgan fingerprint density at radius 2 is 2.30 bits per heavy atom. The summed E-state index contributed by atoms with van der Waals surface area (Å²) in [4.78, 5) is 20.0. The van der Waals surface area contributed by atoms with Gasteiger partial charge in [0, 0.05) is 24.1 Å². The zero-order chi connectivity index (χ0) is 15.8. The van der Waals surface area contributed by atoms with Gasteiger partial charge in [0.1, 0.15) is 23.0 Å². The summed E-state index contributed by atoms with van der Waals surface area (Å²) in [6.07, 6.45) is 2.30. The molecule has 0 N–H and O–H groups in total. The minimum absolute atomic E-state index is 0.0710. The van der Waals surface area contributed by atoms with E-state index in [0.717, 1.165) is 40.5 Å². The van der Waals surface area contributed by atoms with Gasteiger partial charge in [-0.25, -0.2) is 4.98 Å². The predicted octanol–water partition coefficient (Wildman–Crippen LogP) is 3.06. The van der Waals surface area contributed by atoms with Gasteiger partial charge in [0.15, 0.2) is 0 Å². The number of ether oxygens (including phenoxy) is 2. The van der Waals surface area contributed by atoms with Crippen LogP contribution < -0.4 is 9.47 Å². The number of benzene rings is 1. The van der Waals surface area contributed by atoms with Crippen molar-refractivity contribution < 1.29 is 14.3 Å². The number of fused-ring (bicyclic) bond motifs is 1. The molecule has 1 fully saturated rings. The van der Waals surface area contributed by atoms with Crippen LogP contribution in [0.1, 0.15) is 39.7 Å². The van der Waals surface area contributed by atoms with E-state index >= 15 is 0 Å². The van der Waals surface area contributed by atoms with Gasteiger partial charge >= 0.3 is 0 Å². The smallest absolute Gasteiger partial charge is 0.266 e. The first-order valence-electron chi connectivity index (χ1n) is 7.78. The lowest BCUT2D eigenvalue weighted by Crippen LogP contribution is -2.32. The molecule has 23 heavy (non-hydrogen) atoms. The van der Waals surface area contributed by atoms with Crippen LogP contribution >= 0.6 is 11.3 Å². The first-order valence-corrected chi connectivity index (χ1v) is 8.66. The van der Waals surface area contributed by atoms with Gasteiger partial charge in [0.05, 0.1) is 24.9 Å². The predicted molar refractivity (Wildman–Crippen MR) is 87.3 cm³/mol. The number of aromatic nitrogens is 1. The first-order chi connectivity index (χ1) is 11.3. The molecule has 0 radical (unpaired) electrons. The van der Waals surface area contributed by atoms with E-state index in [1.165, 1.54) is 11.3 Å². The van der Waals surface area contributed by atoms with Crippen LogP contribution in [0, 0.1) is 0 Å². The van der Waals surface area contributed by atoms with Gasteiger partial charge < -0.3 is 14.4 Å². The Balaban J connectivity index is 1.59. The van der Waals surface area contributed by atoms with Crippen molar-refractivity contribution in [1.29, 1.82) is 0 Å². The maximum absolute atomic E-state index is 12.9. The molecule has 1 aliphatic carbocycles. The van der Waals surface area contributed by atoms with Crippen molar-refractivity contribution in [3.63, 3.8) is 0 Å². The molecule has 2 heterocycles. The maximum atomic E-state index is 12.9. The highest BCUT2D eigenvalue weighted by atomic mass is 32.1. The number of thiazole rings is 1. The van der Waals surface area contributed by atoms with E-state index in [0.29, 0.717) is 25.6 Å². The first kappa shape index (κ1) is 14.5. The van der Waals surface area contributed by atoms with Crippen molar-refractivity contribution in [3.8, 4) is 11.5 Å². The Morgan fingerprint density at radius 3 is 3.09 bits per heavy atom. The molecule has 5 nitrogen and oxygen atoms in total. The van der Waals surface area contributed by atoms with Crippen molar-refractivity contribution in [3.05, 3.63) is 39.8 Å². The molecule has 2 aromatic rings. The van der Waals surface area contributed by atoms with E-state index in [9.17, 15) is 4.79 Å². The average molecular weight is 330 g/mol. The van der Waals surface area contributed by atoms with Crippen LogP contribution in [-0.2, 0) is 6.54 Å². The molecule has 0 spiro atoms. The summed E-state index contributed by atoms with van der Waals surface area (Å²) in [5.41, 5.74) is 3.78. The molecule has 120 valence electrons. The summed E-state index contributed by atoms with van der Waals surface area (Å²) in [5.74, 6) is 2.12. The molecule has 0 unspecified atom stereocenters. The van der Waals surface area contributed by atoms with Gasteiger partial charge in [0.2, 0.25) is 0 Å². The highest BCUT2D eigenvalue weighted by Crippen LogP contribution is 2.42. The van der Waals surface area contributed by atoms with E-state index in [-0.39, 0.29) is 5.91 Å². The zero-order valence-corrected chi connectivity index (χ0v) is 13.8. The lowest BCUT2D eigenvalue weighted by Gasteiger charge is -2.19. The SMILES string of the molecule is COc1ccc2c(c1)OCCN(C(=O)c1scnc1C1CC1)C2. The summed E-state index contributed by atoms with van der Waals surface area (Å²) in [7, 11) is 1.64. The lowest BCUT2D eigenvalue weighted by atomic mass is 10.1. The zero-order valence-electron chi connectivity index (χ0n) is 12.9. The van der Waals surface area contributed by atoms with Gasteiger partial charge in [-0.2, -0.15) is 0 Å². The highest BCUT2D eigenvalue weighted by molar-refractivity contribution is 7.11. The van der Waals surface area contributed by atoms with E-state index in [2.05, 4.69) is 4.98 Å². The molecular weight excluding hydrogens is 312 g/mol. The van der Waals surface area contributed by atoms with Gasteiger partial charge in [-0.3, -0.25) is 4.79 Å². The van der Waals surface area contributed by atoms with Crippen LogP contribution in [0.15, 0.2) is 23.7 Å². The summed E-state index contributed by atoms with van der Waals surface area (Å²) in [6.45, 7) is 1.63. The fourth-order valence-electron chi connectivity index (χ4n) is 2.86. The van der Waals surface area contributed by atoms with Gasteiger partial charge in [-0.05, 0) is 25.0 Å². The fraction of sp³-hybridized carbons (Fsp3) is 0.412. The second-order valence-corrected chi connectivity index (χ2v) is 6.74. The second-order valence-electron chi connectivity index (χ2n) is 5.89. The molecule has 1 aliphatic heterocycles. The molecule has 2 aliphatic rings. The van der Waals surface area contributed by atoms with Crippen LogP contribution in [0.2, 0.25) is 0 Å².